The lowest BCUT2D eigenvalue weighted by Gasteiger charge is -2.25. The maximum Gasteiger partial charge on any atom is 0.221 e. The zero-order chi connectivity index (χ0) is 13.6. The minimum absolute atomic E-state index is 0.0618. The average molecular weight is 270 g/mol. The van der Waals surface area contributed by atoms with Crippen LogP contribution in [0, 0.1) is 0 Å². The van der Waals surface area contributed by atoms with Gasteiger partial charge in [0.2, 0.25) is 5.91 Å². The van der Waals surface area contributed by atoms with E-state index in [1.54, 1.807) is 11.3 Å². The first-order valence-corrected chi connectivity index (χ1v) is 7.15. The number of rotatable bonds is 7. The third kappa shape index (κ3) is 4.40. The summed E-state index contributed by atoms with van der Waals surface area (Å²) in [7, 11) is 0. The second-order valence-corrected chi connectivity index (χ2v) is 5.47. The van der Waals surface area contributed by atoms with E-state index in [2.05, 4.69) is 10.6 Å². The highest BCUT2D eigenvalue weighted by Gasteiger charge is 2.21. The van der Waals surface area contributed by atoms with Gasteiger partial charge < -0.3 is 15.7 Å². The number of carbonyl (C=O) groups excluding carboxylic acids is 1. The molecule has 0 bridgehead atoms. The average Bonchev–Trinajstić information content (AvgIpc) is 2.75. The number of anilines is 1. The van der Waals surface area contributed by atoms with Gasteiger partial charge in [0.15, 0.2) is 0 Å². The fourth-order valence-electron chi connectivity index (χ4n) is 1.69. The van der Waals surface area contributed by atoms with Gasteiger partial charge in [0.25, 0.3) is 0 Å². The summed E-state index contributed by atoms with van der Waals surface area (Å²) < 4.78 is 0. The topological polar surface area (TPSA) is 61.4 Å². The second kappa shape index (κ2) is 6.87. The molecule has 0 aliphatic heterocycles. The molecule has 0 saturated carbocycles. The first-order valence-electron chi connectivity index (χ1n) is 6.28. The van der Waals surface area contributed by atoms with Gasteiger partial charge in [0.1, 0.15) is 0 Å². The van der Waals surface area contributed by atoms with Crippen LogP contribution in [-0.2, 0) is 11.3 Å². The monoisotopic (exact) mass is 270 g/mol. The van der Waals surface area contributed by atoms with Crippen LogP contribution in [0.5, 0.6) is 0 Å². The minimum atomic E-state index is -0.634. The van der Waals surface area contributed by atoms with Crippen molar-refractivity contribution in [2.45, 2.75) is 45.8 Å². The van der Waals surface area contributed by atoms with Gasteiger partial charge in [-0.1, -0.05) is 13.8 Å². The summed E-state index contributed by atoms with van der Waals surface area (Å²) >= 11 is 1.60. The van der Waals surface area contributed by atoms with Crippen LogP contribution in [0.25, 0.3) is 0 Å². The molecule has 0 saturated heterocycles. The molecule has 4 nitrogen and oxygen atoms in total. The Kier molecular flexibility index (Phi) is 5.78. The van der Waals surface area contributed by atoms with E-state index >= 15 is 0 Å². The highest BCUT2D eigenvalue weighted by atomic mass is 32.1. The first kappa shape index (κ1) is 15.1. The third-order valence-corrected chi connectivity index (χ3v) is 4.03. The fraction of sp³-hybridized carbons (Fsp3) is 0.615. The van der Waals surface area contributed by atoms with Crippen molar-refractivity contribution in [1.29, 1.82) is 0 Å². The molecule has 0 spiro atoms. The maximum atomic E-state index is 11.0. The maximum absolute atomic E-state index is 11.0. The lowest BCUT2D eigenvalue weighted by molar-refractivity contribution is -0.114. The van der Waals surface area contributed by atoms with Crippen LogP contribution >= 0.6 is 11.3 Å². The van der Waals surface area contributed by atoms with Crippen molar-refractivity contribution in [2.24, 2.45) is 0 Å². The number of hydrogen-bond donors (Lipinski definition) is 3. The Labute approximate surface area is 112 Å². The van der Waals surface area contributed by atoms with Crippen LogP contribution in [0.3, 0.4) is 0 Å². The molecule has 1 heterocycles. The van der Waals surface area contributed by atoms with Crippen molar-refractivity contribution in [2.75, 3.05) is 11.9 Å². The number of thiophene rings is 1. The van der Waals surface area contributed by atoms with E-state index in [1.807, 2.05) is 25.3 Å². The van der Waals surface area contributed by atoms with Crippen LogP contribution < -0.4 is 10.6 Å². The predicted octanol–water partition coefficient (Wildman–Crippen LogP) is 2.35. The van der Waals surface area contributed by atoms with Crippen molar-refractivity contribution < 1.29 is 9.90 Å². The van der Waals surface area contributed by atoms with E-state index in [4.69, 9.17) is 0 Å². The third-order valence-electron chi connectivity index (χ3n) is 3.11. The summed E-state index contributed by atoms with van der Waals surface area (Å²) in [4.78, 5) is 12.1. The molecule has 0 aliphatic carbocycles. The van der Waals surface area contributed by atoms with Crippen molar-refractivity contribution in [1.82, 2.24) is 5.32 Å². The number of nitrogens with one attached hydrogen (secondary N) is 2. The fourth-order valence-corrected chi connectivity index (χ4v) is 2.49. The molecule has 3 N–H and O–H groups in total. The van der Waals surface area contributed by atoms with Gasteiger partial charge in [-0.2, -0.15) is 0 Å². The Morgan fingerprint density at radius 2 is 2.11 bits per heavy atom. The highest BCUT2D eigenvalue weighted by Crippen LogP contribution is 2.22. The summed E-state index contributed by atoms with van der Waals surface area (Å²) in [6, 6.07) is 1.90. The van der Waals surface area contributed by atoms with Gasteiger partial charge in [0.05, 0.1) is 11.3 Å². The molecular weight excluding hydrogens is 248 g/mol. The summed E-state index contributed by atoms with van der Waals surface area (Å²) in [5.74, 6) is -0.0618. The zero-order valence-electron chi connectivity index (χ0n) is 11.2. The summed E-state index contributed by atoms with van der Waals surface area (Å²) in [5, 5.41) is 18.1. The highest BCUT2D eigenvalue weighted by molar-refractivity contribution is 7.10. The quantitative estimate of drug-likeness (QED) is 0.712. The van der Waals surface area contributed by atoms with Gasteiger partial charge in [0, 0.05) is 24.9 Å². The van der Waals surface area contributed by atoms with E-state index in [9.17, 15) is 9.90 Å². The lowest BCUT2D eigenvalue weighted by atomic mass is 9.98. The summed E-state index contributed by atoms with van der Waals surface area (Å²) in [6.07, 6.45) is 1.47. The molecule has 0 aliphatic rings. The number of aliphatic hydroxyl groups is 1. The van der Waals surface area contributed by atoms with Crippen molar-refractivity contribution in [3.63, 3.8) is 0 Å². The van der Waals surface area contributed by atoms with Crippen LogP contribution in [0.4, 0.5) is 5.69 Å². The number of carbonyl (C=O) groups is 1. The largest absolute Gasteiger partial charge is 0.389 e. The second-order valence-electron chi connectivity index (χ2n) is 4.47. The van der Waals surface area contributed by atoms with Gasteiger partial charge in [-0.3, -0.25) is 4.79 Å². The lowest BCUT2D eigenvalue weighted by Crippen LogP contribution is -2.39. The smallest absolute Gasteiger partial charge is 0.221 e. The van der Waals surface area contributed by atoms with Gasteiger partial charge >= 0.3 is 0 Å². The van der Waals surface area contributed by atoms with E-state index in [0.29, 0.717) is 13.1 Å². The molecule has 0 unspecified atom stereocenters. The van der Waals surface area contributed by atoms with Crippen LogP contribution in [0.1, 0.15) is 38.5 Å². The Bertz CT molecular complexity index is 386. The van der Waals surface area contributed by atoms with E-state index in [1.165, 1.54) is 6.92 Å². The van der Waals surface area contributed by atoms with Crippen LogP contribution in [0.2, 0.25) is 0 Å². The zero-order valence-corrected chi connectivity index (χ0v) is 12.1. The molecule has 1 rings (SSSR count). The number of amides is 1. The molecule has 1 aromatic rings. The van der Waals surface area contributed by atoms with Gasteiger partial charge in [-0.15, -0.1) is 11.3 Å². The predicted molar refractivity (Wildman–Crippen MR) is 75.9 cm³/mol. The molecular formula is C13H22N2O2S. The molecule has 0 atom stereocenters. The minimum Gasteiger partial charge on any atom is -0.389 e. The van der Waals surface area contributed by atoms with Crippen molar-refractivity contribution in [3.8, 4) is 0 Å². The van der Waals surface area contributed by atoms with E-state index in [-0.39, 0.29) is 5.91 Å². The standard InChI is InChI=1S/C13H22N2O2S/c1-4-13(17,5-2)9-14-8-12-11(6-7-18-12)15-10(3)16/h6-7,14,17H,4-5,8-9H2,1-3H3,(H,15,16). The first-order chi connectivity index (χ1) is 8.50. The van der Waals surface area contributed by atoms with Crippen molar-refractivity contribution >= 4 is 22.9 Å². The molecule has 1 amide bonds. The molecule has 0 fully saturated rings. The molecule has 1 aromatic heterocycles. The Balaban J connectivity index is 2.49. The van der Waals surface area contributed by atoms with Gasteiger partial charge in [-0.05, 0) is 24.3 Å². The summed E-state index contributed by atoms with van der Waals surface area (Å²) in [6.45, 7) is 6.70. The molecule has 18 heavy (non-hydrogen) atoms. The van der Waals surface area contributed by atoms with Crippen LogP contribution in [-0.4, -0.2) is 23.2 Å². The van der Waals surface area contributed by atoms with Crippen LogP contribution in [0.15, 0.2) is 11.4 Å². The number of hydrogen-bond acceptors (Lipinski definition) is 4. The SMILES string of the molecule is CCC(O)(CC)CNCc1sccc1NC(C)=O. The Hall–Kier alpha value is -0.910. The van der Waals surface area contributed by atoms with Crippen molar-refractivity contribution in [3.05, 3.63) is 16.3 Å². The van der Waals surface area contributed by atoms with Gasteiger partial charge in [-0.25, -0.2) is 0 Å². The molecule has 0 aromatic carbocycles. The normalized spacial score (nSPS) is 11.6. The molecule has 102 valence electrons. The Morgan fingerprint density at radius 3 is 2.67 bits per heavy atom. The summed E-state index contributed by atoms with van der Waals surface area (Å²) in [5.41, 5.74) is 0.224. The molecule has 5 heteroatoms. The Morgan fingerprint density at radius 1 is 1.44 bits per heavy atom. The molecule has 0 radical (unpaired) electrons. The van der Waals surface area contributed by atoms with E-state index < -0.39 is 5.60 Å². The van der Waals surface area contributed by atoms with E-state index in [0.717, 1.165) is 23.4 Å².